The van der Waals surface area contributed by atoms with E-state index in [1.165, 1.54) is 5.56 Å². The van der Waals surface area contributed by atoms with Crippen LogP contribution in [-0.4, -0.2) is 71.5 Å². The number of anilines is 1. The highest BCUT2D eigenvalue weighted by Gasteiger charge is 2.19. The van der Waals surface area contributed by atoms with E-state index in [0.717, 1.165) is 49.2 Å². The van der Waals surface area contributed by atoms with Gasteiger partial charge in [0.15, 0.2) is 0 Å². The van der Waals surface area contributed by atoms with Gasteiger partial charge in [-0.2, -0.15) is 0 Å². The van der Waals surface area contributed by atoms with E-state index >= 15 is 0 Å². The van der Waals surface area contributed by atoms with Crippen LogP contribution in [0, 0.1) is 0 Å². The van der Waals surface area contributed by atoms with Crippen molar-refractivity contribution in [3.8, 4) is 0 Å². The van der Waals surface area contributed by atoms with Crippen LogP contribution in [0.4, 0.5) is 10.5 Å². The van der Waals surface area contributed by atoms with Gasteiger partial charge >= 0.3 is 6.03 Å². The lowest BCUT2D eigenvalue weighted by atomic mass is 10.2. The number of benzene rings is 2. The molecular formula is C25H31N5O2. The molecule has 2 heterocycles. The summed E-state index contributed by atoms with van der Waals surface area (Å²) in [5, 5.41) is 4.05. The molecule has 32 heavy (non-hydrogen) atoms. The molecule has 3 aromatic rings. The minimum Gasteiger partial charge on any atom is -0.347 e. The average molecular weight is 434 g/mol. The zero-order chi connectivity index (χ0) is 22.5. The maximum Gasteiger partial charge on any atom is 0.321 e. The monoisotopic (exact) mass is 433 g/mol. The van der Waals surface area contributed by atoms with E-state index in [1.54, 1.807) is 19.0 Å². The first-order valence-corrected chi connectivity index (χ1v) is 11.1. The number of nitrogens with zero attached hydrogens (tertiary/aromatic N) is 4. The maximum atomic E-state index is 12.9. The number of fused-ring (bicyclic) bond motifs is 1. The number of urea groups is 1. The number of likely N-dealkylation sites (N-methyl/N-ethyl adjacent to an activating group) is 1. The third-order valence-corrected chi connectivity index (χ3v) is 5.95. The van der Waals surface area contributed by atoms with Gasteiger partial charge in [-0.15, -0.1) is 0 Å². The van der Waals surface area contributed by atoms with Crippen molar-refractivity contribution >= 4 is 28.5 Å². The maximum absolute atomic E-state index is 12.9. The number of hydrogen-bond acceptors (Lipinski definition) is 3. The van der Waals surface area contributed by atoms with Crippen molar-refractivity contribution in [3.05, 3.63) is 66.4 Å². The van der Waals surface area contributed by atoms with Gasteiger partial charge in [-0.25, -0.2) is 4.79 Å². The second kappa shape index (κ2) is 9.87. The Labute approximate surface area is 189 Å². The summed E-state index contributed by atoms with van der Waals surface area (Å²) in [6.07, 6.45) is 2.87. The van der Waals surface area contributed by atoms with Crippen molar-refractivity contribution in [1.82, 2.24) is 19.3 Å². The summed E-state index contributed by atoms with van der Waals surface area (Å²) in [4.78, 5) is 30.8. The Morgan fingerprint density at radius 3 is 2.56 bits per heavy atom. The number of nitrogens with one attached hydrogen (secondary N) is 1. The highest BCUT2D eigenvalue weighted by molar-refractivity contribution is 5.93. The van der Waals surface area contributed by atoms with Crippen LogP contribution in [0.1, 0.15) is 12.0 Å². The lowest BCUT2D eigenvalue weighted by Crippen LogP contribution is -2.38. The van der Waals surface area contributed by atoms with E-state index in [9.17, 15) is 9.59 Å². The summed E-state index contributed by atoms with van der Waals surface area (Å²) >= 11 is 0. The van der Waals surface area contributed by atoms with Gasteiger partial charge in [-0.3, -0.25) is 9.69 Å². The van der Waals surface area contributed by atoms with Crippen LogP contribution in [0.3, 0.4) is 0 Å². The van der Waals surface area contributed by atoms with E-state index in [2.05, 4.69) is 34.5 Å². The van der Waals surface area contributed by atoms with Gasteiger partial charge < -0.3 is 19.7 Å². The lowest BCUT2D eigenvalue weighted by molar-refractivity contribution is -0.129. The number of hydrogen-bond donors (Lipinski definition) is 1. The van der Waals surface area contributed by atoms with Gasteiger partial charge in [-0.05, 0) is 36.2 Å². The van der Waals surface area contributed by atoms with Gasteiger partial charge in [0, 0.05) is 69.6 Å². The molecular weight excluding hydrogens is 402 g/mol. The minimum atomic E-state index is -0.0619. The largest absolute Gasteiger partial charge is 0.347 e. The number of aromatic nitrogens is 1. The molecule has 7 heteroatoms. The standard InChI is InChI=1S/C25H31N5O2/c1-27(2)24(31)19-30-14-11-21-17-22(9-10-23(21)30)26-25(32)29-13-6-12-28(15-16-29)18-20-7-4-3-5-8-20/h3-5,7-11,14,17H,6,12-13,15-16,18-19H2,1-2H3,(H,26,32). The van der Waals surface area contributed by atoms with Crippen LogP contribution in [0.5, 0.6) is 0 Å². The molecule has 1 aliphatic rings. The second-order valence-corrected chi connectivity index (χ2v) is 8.54. The van der Waals surface area contributed by atoms with Crippen LogP contribution in [0.15, 0.2) is 60.8 Å². The third-order valence-electron chi connectivity index (χ3n) is 5.95. The SMILES string of the molecule is CN(C)C(=O)Cn1ccc2cc(NC(=O)N3CCCN(Cc4ccccc4)CC3)ccc21. The molecule has 1 aromatic heterocycles. The lowest BCUT2D eigenvalue weighted by Gasteiger charge is -2.22. The normalized spacial score (nSPS) is 14.9. The first kappa shape index (κ1) is 21.9. The molecule has 0 saturated carbocycles. The van der Waals surface area contributed by atoms with Gasteiger partial charge in [0.25, 0.3) is 0 Å². The van der Waals surface area contributed by atoms with E-state index in [0.29, 0.717) is 13.1 Å². The third kappa shape index (κ3) is 5.29. The molecule has 7 nitrogen and oxygen atoms in total. The van der Waals surface area contributed by atoms with Crippen molar-refractivity contribution in [1.29, 1.82) is 0 Å². The van der Waals surface area contributed by atoms with Crippen LogP contribution in [-0.2, 0) is 17.9 Å². The molecule has 3 amide bonds. The fourth-order valence-corrected chi connectivity index (χ4v) is 4.08. The van der Waals surface area contributed by atoms with Crippen LogP contribution in [0.25, 0.3) is 10.9 Å². The average Bonchev–Trinajstić information content (AvgIpc) is 3.02. The number of carbonyl (C=O) groups is 2. The Bertz CT molecular complexity index is 1080. The summed E-state index contributed by atoms with van der Waals surface area (Å²) in [5.41, 5.74) is 3.05. The molecule has 2 aromatic carbocycles. The van der Waals surface area contributed by atoms with E-state index in [-0.39, 0.29) is 11.9 Å². The number of rotatable bonds is 5. The topological polar surface area (TPSA) is 60.8 Å². The molecule has 0 atom stereocenters. The van der Waals surface area contributed by atoms with Crippen LogP contribution in [0.2, 0.25) is 0 Å². The van der Waals surface area contributed by atoms with E-state index < -0.39 is 0 Å². The molecule has 0 unspecified atom stereocenters. The molecule has 1 N–H and O–H groups in total. The first-order chi connectivity index (χ1) is 15.5. The predicted molar refractivity (Wildman–Crippen MR) is 128 cm³/mol. The van der Waals surface area contributed by atoms with Crippen LogP contribution < -0.4 is 5.32 Å². The quantitative estimate of drug-likeness (QED) is 0.670. The van der Waals surface area contributed by atoms with Gasteiger partial charge in [0.1, 0.15) is 6.54 Å². The Balaban J connectivity index is 1.35. The zero-order valence-corrected chi connectivity index (χ0v) is 18.8. The van der Waals surface area contributed by atoms with Crippen molar-refractivity contribution in [2.24, 2.45) is 0 Å². The molecule has 0 radical (unpaired) electrons. The van der Waals surface area contributed by atoms with Gasteiger partial charge in [-0.1, -0.05) is 30.3 Å². The summed E-state index contributed by atoms with van der Waals surface area (Å²) in [5.74, 6) is 0.0438. The Morgan fingerprint density at radius 2 is 1.78 bits per heavy atom. The number of carbonyl (C=O) groups excluding carboxylic acids is 2. The fraction of sp³-hybridized carbons (Fsp3) is 0.360. The molecule has 1 saturated heterocycles. The van der Waals surface area contributed by atoms with Crippen molar-refractivity contribution in [2.75, 3.05) is 45.6 Å². The Morgan fingerprint density at radius 1 is 0.969 bits per heavy atom. The van der Waals surface area contributed by atoms with Crippen molar-refractivity contribution in [2.45, 2.75) is 19.5 Å². The van der Waals surface area contributed by atoms with Gasteiger partial charge in [0.05, 0.1) is 0 Å². The molecule has 4 rings (SSSR count). The minimum absolute atomic E-state index is 0.0438. The van der Waals surface area contributed by atoms with Crippen molar-refractivity contribution in [3.63, 3.8) is 0 Å². The Hall–Kier alpha value is -3.32. The Kier molecular flexibility index (Phi) is 6.75. The summed E-state index contributed by atoms with van der Waals surface area (Å²) in [6, 6.07) is 18.2. The number of amides is 3. The molecule has 0 bridgehead atoms. The van der Waals surface area contributed by atoms with Gasteiger partial charge in [0.2, 0.25) is 5.91 Å². The molecule has 168 valence electrons. The highest BCUT2D eigenvalue weighted by atomic mass is 16.2. The molecule has 1 fully saturated rings. The highest BCUT2D eigenvalue weighted by Crippen LogP contribution is 2.21. The smallest absolute Gasteiger partial charge is 0.321 e. The summed E-state index contributed by atoms with van der Waals surface area (Å²) in [6.45, 7) is 4.54. The zero-order valence-electron chi connectivity index (χ0n) is 18.8. The first-order valence-electron chi connectivity index (χ1n) is 11.1. The van der Waals surface area contributed by atoms with Crippen molar-refractivity contribution < 1.29 is 9.59 Å². The summed E-state index contributed by atoms with van der Waals surface area (Å²) < 4.78 is 1.93. The predicted octanol–water partition coefficient (Wildman–Crippen LogP) is 3.47. The second-order valence-electron chi connectivity index (χ2n) is 8.54. The molecule has 0 spiro atoms. The van der Waals surface area contributed by atoms with Crippen LogP contribution >= 0.6 is 0 Å². The van der Waals surface area contributed by atoms with E-state index in [1.807, 2.05) is 46.0 Å². The molecule has 0 aliphatic carbocycles. The molecule has 1 aliphatic heterocycles. The van der Waals surface area contributed by atoms with E-state index in [4.69, 9.17) is 0 Å². The fourth-order valence-electron chi connectivity index (χ4n) is 4.08. The summed E-state index contributed by atoms with van der Waals surface area (Å²) in [7, 11) is 3.51.